The average Bonchev–Trinajstić information content (AvgIpc) is 3.37. The maximum absolute atomic E-state index is 13.4. The highest BCUT2D eigenvalue weighted by atomic mass is 32.2. The van der Waals surface area contributed by atoms with Crippen LogP contribution in [0.2, 0.25) is 0 Å². The van der Waals surface area contributed by atoms with E-state index in [-0.39, 0.29) is 17.7 Å². The van der Waals surface area contributed by atoms with Crippen LogP contribution >= 0.6 is 11.8 Å². The summed E-state index contributed by atoms with van der Waals surface area (Å²) >= 11 is 1.56. The number of benzene rings is 2. The van der Waals surface area contributed by atoms with Crippen molar-refractivity contribution < 1.29 is 19.5 Å². The van der Waals surface area contributed by atoms with Crippen LogP contribution in [-0.4, -0.2) is 49.6 Å². The Morgan fingerprint density at radius 2 is 1.91 bits per heavy atom. The quantitative estimate of drug-likeness (QED) is 0.555. The summed E-state index contributed by atoms with van der Waals surface area (Å²) in [7, 11) is 0. The number of rotatable bonds is 5. The summed E-state index contributed by atoms with van der Waals surface area (Å²) in [6, 6.07) is 13.1. The van der Waals surface area contributed by atoms with Crippen LogP contribution in [0.3, 0.4) is 0 Å². The highest BCUT2D eigenvalue weighted by molar-refractivity contribution is 8.01. The van der Waals surface area contributed by atoms with Crippen molar-refractivity contribution in [3.8, 4) is 0 Å². The molecule has 3 aromatic rings. The number of amides is 2. The number of carboxylic acid groups (broad SMARTS) is 1. The minimum Gasteiger partial charge on any atom is -0.480 e. The van der Waals surface area contributed by atoms with Gasteiger partial charge in [0.25, 0.3) is 5.91 Å². The van der Waals surface area contributed by atoms with E-state index in [4.69, 9.17) is 0 Å². The fourth-order valence-electron chi connectivity index (χ4n) is 4.78. The SMILES string of the molecule is CC1(C)S[C@@H]2c3ccccc3C(=O)N2[C@@H]1C(=O)N[C@@H](Cc1c[nH]c2ccccc12)C(=O)O. The van der Waals surface area contributed by atoms with Gasteiger partial charge < -0.3 is 20.3 Å². The van der Waals surface area contributed by atoms with Crippen LogP contribution in [0.15, 0.2) is 54.7 Å². The van der Waals surface area contributed by atoms with Gasteiger partial charge in [0, 0.05) is 33.8 Å². The third kappa shape index (κ3) is 3.17. The molecule has 1 aromatic heterocycles. The Bertz CT molecular complexity index is 1250. The second kappa shape index (κ2) is 7.41. The number of carbonyl (C=O) groups is 3. The molecule has 8 heteroatoms. The zero-order valence-electron chi connectivity index (χ0n) is 17.7. The summed E-state index contributed by atoms with van der Waals surface area (Å²) in [4.78, 5) is 43.3. The third-order valence-electron chi connectivity index (χ3n) is 6.26. The molecule has 0 saturated carbocycles. The van der Waals surface area contributed by atoms with Gasteiger partial charge in [-0.05, 0) is 37.1 Å². The molecule has 0 radical (unpaired) electrons. The summed E-state index contributed by atoms with van der Waals surface area (Å²) in [5.41, 5.74) is 3.23. The summed E-state index contributed by atoms with van der Waals surface area (Å²) in [5.74, 6) is -1.75. The van der Waals surface area contributed by atoms with Crippen molar-refractivity contribution in [1.82, 2.24) is 15.2 Å². The lowest BCUT2D eigenvalue weighted by Crippen LogP contribution is -2.56. The molecule has 3 heterocycles. The van der Waals surface area contributed by atoms with E-state index < -0.39 is 28.7 Å². The van der Waals surface area contributed by atoms with Crippen molar-refractivity contribution in [2.75, 3.05) is 0 Å². The number of carbonyl (C=O) groups excluding carboxylic acids is 2. The van der Waals surface area contributed by atoms with Gasteiger partial charge in [-0.1, -0.05) is 36.4 Å². The first-order valence-corrected chi connectivity index (χ1v) is 11.3. The molecule has 5 rings (SSSR count). The first-order valence-electron chi connectivity index (χ1n) is 10.5. The molecule has 0 unspecified atom stereocenters. The number of aromatic amines is 1. The van der Waals surface area contributed by atoms with E-state index in [0.29, 0.717) is 5.56 Å². The maximum atomic E-state index is 13.4. The molecule has 2 aliphatic rings. The van der Waals surface area contributed by atoms with Crippen LogP contribution in [0.5, 0.6) is 0 Å². The molecule has 2 amide bonds. The first-order chi connectivity index (χ1) is 15.3. The smallest absolute Gasteiger partial charge is 0.326 e. The zero-order valence-corrected chi connectivity index (χ0v) is 18.5. The summed E-state index contributed by atoms with van der Waals surface area (Å²) in [5, 5.41) is 13.2. The molecule has 2 aromatic carbocycles. The molecule has 0 bridgehead atoms. The van der Waals surface area contributed by atoms with Crippen molar-refractivity contribution in [3.05, 3.63) is 71.4 Å². The Hall–Kier alpha value is -3.26. The minimum absolute atomic E-state index is 0.142. The highest BCUT2D eigenvalue weighted by Crippen LogP contribution is 2.56. The highest BCUT2D eigenvalue weighted by Gasteiger charge is 2.57. The fourth-order valence-corrected chi connectivity index (χ4v) is 6.36. The standard InChI is InChI=1S/C24H23N3O4S/c1-24(2)19(27-21(29)15-8-3-4-9-16(15)22(27)32-24)20(28)26-18(23(30)31)11-13-12-25-17-10-6-5-7-14(13)17/h3-10,12,18-19,22,25H,11H2,1-2H3,(H,26,28)(H,30,31)/t18-,19+,22+/m0/s1. The number of fused-ring (bicyclic) bond motifs is 4. The molecule has 1 saturated heterocycles. The number of nitrogens with zero attached hydrogens (tertiary/aromatic N) is 1. The lowest BCUT2D eigenvalue weighted by atomic mass is 9.99. The lowest BCUT2D eigenvalue weighted by Gasteiger charge is -2.30. The zero-order chi connectivity index (χ0) is 22.6. The molecular weight excluding hydrogens is 426 g/mol. The topological polar surface area (TPSA) is 103 Å². The Kier molecular flexibility index (Phi) is 4.78. The van der Waals surface area contributed by atoms with E-state index in [1.807, 2.05) is 56.3 Å². The number of para-hydroxylation sites is 1. The van der Waals surface area contributed by atoms with E-state index >= 15 is 0 Å². The van der Waals surface area contributed by atoms with Crippen LogP contribution in [-0.2, 0) is 16.0 Å². The van der Waals surface area contributed by atoms with Gasteiger partial charge in [-0.3, -0.25) is 9.59 Å². The Morgan fingerprint density at radius 3 is 2.69 bits per heavy atom. The molecule has 1 fully saturated rings. The summed E-state index contributed by atoms with van der Waals surface area (Å²) < 4.78 is -0.568. The summed E-state index contributed by atoms with van der Waals surface area (Å²) in [6.07, 6.45) is 1.92. The third-order valence-corrected chi connectivity index (χ3v) is 7.79. The van der Waals surface area contributed by atoms with Crippen molar-refractivity contribution in [3.63, 3.8) is 0 Å². The molecule has 0 aliphatic carbocycles. The molecule has 2 aliphatic heterocycles. The molecule has 32 heavy (non-hydrogen) atoms. The van der Waals surface area contributed by atoms with E-state index in [0.717, 1.165) is 22.0 Å². The van der Waals surface area contributed by atoms with Crippen molar-refractivity contribution >= 4 is 40.4 Å². The Balaban J connectivity index is 1.41. The van der Waals surface area contributed by atoms with Crippen LogP contribution < -0.4 is 5.32 Å². The largest absolute Gasteiger partial charge is 0.480 e. The number of thioether (sulfide) groups is 1. The van der Waals surface area contributed by atoms with Gasteiger partial charge in [0.2, 0.25) is 5.91 Å². The molecular formula is C24H23N3O4S. The van der Waals surface area contributed by atoms with Crippen LogP contribution in [0.25, 0.3) is 10.9 Å². The maximum Gasteiger partial charge on any atom is 0.326 e. The van der Waals surface area contributed by atoms with E-state index in [9.17, 15) is 19.5 Å². The predicted molar refractivity (Wildman–Crippen MR) is 122 cm³/mol. The lowest BCUT2D eigenvalue weighted by molar-refractivity contribution is -0.142. The number of H-pyrrole nitrogens is 1. The van der Waals surface area contributed by atoms with E-state index in [1.54, 1.807) is 28.9 Å². The van der Waals surface area contributed by atoms with E-state index in [2.05, 4.69) is 10.3 Å². The molecule has 3 N–H and O–H groups in total. The number of aromatic nitrogens is 1. The fraction of sp³-hybridized carbons (Fsp3) is 0.292. The van der Waals surface area contributed by atoms with E-state index in [1.165, 1.54) is 0 Å². The number of hydrogen-bond acceptors (Lipinski definition) is 4. The van der Waals surface area contributed by atoms with Gasteiger partial charge in [0.15, 0.2) is 0 Å². The predicted octanol–water partition coefficient (Wildman–Crippen LogP) is 3.33. The number of nitrogens with one attached hydrogen (secondary N) is 2. The monoisotopic (exact) mass is 449 g/mol. The van der Waals surface area contributed by atoms with Crippen LogP contribution in [0.1, 0.15) is 40.7 Å². The Morgan fingerprint density at radius 1 is 1.19 bits per heavy atom. The molecule has 7 nitrogen and oxygen atoms in total. The van der Waals surface area contributed by atoms with Crippen molar-refractivity contribution in [2.45, 2.75) is 42.5 Å². The second-order valence-corrected chi connectivity index (χ2v) is 10.5. The van der Waals surface area contributed by atoms with Gasteiger partial charge in [-0.25, -0.2) is 4.79 Å². The first kappa shape index (κ1) is 20.6. The van der Waals surface area contributed by atoms with Crippen molar-refractivity contribution in [1.29, 1.82) is 0 Å². The normalized spacial score (nSPS) is 21.9. The Labute approximate surface area is 189 Å². The van der Waals surface area contributed by atoms with Gasteiger partial charge in [-0.15, -0.1) is 11.8 Å². The number of carboxylic acids is 1. The average molecular weight is 450 g/mol. The minimum atomic E-state index is -1.11. The van der Waals surface area contributed by atoms with Gasteiger partial charge in [0.05, 0.1) is 0 Å². The van der Waals surface area contributed by atoms with Crippen LogP contribution in [0.4, 0.5) is 0 Å². The van der Waals surface area contributed by atoms with Crippen LogP contribution in [0, 0.1) is 0 Å². The molecule has 3 atom stereocenters. The molecule has 0 spiro atoms. The van der Waals surface area contributed by atoms with Gasteiger partial charge >= 0.3 is 5.97 Å². The summed E-state index contributed by atoms with van der Waals surface area (Å²) in [6.45, 7) is 3.84. The van der Waals surface area contributed by atoms with Crippen molar-refractivity contribution in [2.24, 2.45) is 0 Å². The van der Waals surface area contributed by atoms with Gasteiger partial charge in [-0.2, -0.15) is 0 Å². The second-order valence-electron chi connectivity index (χ2n) is 8.74. The molecule has 164 valence electrons. The van der Waals surface area contributed by atoms with Gasteiger partial charge in [0.1, 0.15) is 17.5 Å². The number of aliphatic carboxylic acids is 1. The number of hydrogen-bond donors (Lipinski definition) is 3.